The fraction of sp³-hybridized carbons (Fsp3) is 0.850. The van der Waals surface area contributed by atoms with Crippen LogP contribution in [0.15, 0.2) is 12.2 Å². The third-order valence-electron chi connectivity index (χ3n) is 4.59. The monoisotopic (exact) mass is 358 g/mol. The standard InChI is InChI=1S/C20H38O5/c1-4-5-8-11-16(21)13-14-18(23)17(22)12-9-6-7-10-15-20(2,3)19(24)25/h10,15-18,21-23H,4-9,11-14H2,1-3H3,(H,24,25). The topological polar surface area (TPSA) is 98.0 Å². The van der Waals surface area contributed by atoms with Crippen LogP contribution in [-0.4, -0.2) is 44.7 Å². The molecule has 0 spiro atoms. The smallest absolute Gasteiger partial charge is 0.312 e. The Morgan fingerprint density at radius 1 is 0.920 bits per heavy atom. The Hall–Kier alpha value is -0.910. The highest BCUT2D eigenvalue weighted by atomic mass is 16.4. The Balaban J connectivity index is 3.82. The van der Waals surface area contributed by atoms with Crippen molar-refractivity contribution in [1.29, 1.82) is 0 Å². The lowest BCUT2D eigenvalue weighted by Crippen LogP contribution is -2.27. The number of carboxylic acids is 1. The quantitative estimate of drug-likeness (QED) is 0.264. The molecule has 0 aromatic carbocycles. The maximum Gasteiger partial charge on any atom is 0.312 e. The maximum absolute atomic E-state index is 11.0. The number of unbranched alkanes of at least 4 members (excludes halogenated alkanes) is 4. The summed E-state index contributed by atoms with van der Waals surface area (Å²) in [6.07, 6.45) is 9.44. The van der Waals surface area contributed by atoms with Crippen LogP contribution in [0.4, 0.5) is 0 Å². The first-order valence-electron chi connectivity index (χ1n) is 9.66. The molecule has 0 rings (SSSR count). The molecule has 3 unspecified atom stereocenters. The summed E-state index contributed by atoms with van der Waals surface area (Å²) in [5, 5.41) is 38.8. The van der Waals surface area contributed by atoms with Gasteiger partial charge in [0.15, 0.2) is 0 Å². The third kappa shape index (κ3) is 12.1. The fourth-order valence-corrected chi connectivity index (χ4v) is 2.59. The maximum atomic E-state index is 11.0. The van der Waals surface area contributed by atoms with Gasteiger partial charge in [-0.25, -0.2) is 0 Å². The van der Waals surface area contributed by atoms with Crippen molar-refractivity contribution >= 4 is 5.97 Å². The van der Waals surface area contributed by atoms with E-state index in [1.165, 1.54) is 0 Å². The van der Waals surface area contributed by atoms with Crippen LogP contribution >= 0.6 is 0 Å². The normalized spacial score (nSPS) is 16.1. The van der Waals surface area contributed by atoms with Crippen LogP contribution in [0.1, 0.15) is 85.0 Å². The van der Waals surface area contributed by atoms with E-state index < -0.39 is 29.7 Å². The molecule has 0 aliphatic rings. The van der Waals surface area contributed by atoms with Gasteiger partial charge in [0, 0.05) is 0 Å². The number of aliphatic carboxylic acids is 1. The minimum Gasteiger partial charge on any atom is -0.481 e. The van der Waals surface area contributed by atoms with Gasteiger partial charge in [0.1, 0.15) is 0 Å². The van der Waals surface area contributed by atoms with Gasteiger partial charge in [-0.05, 0) is 52.4 Å². The first-order chi connectivity index (χ1) is 11.7. The third-order valence-corrected chi connectivity index (χ3v) is 4.59. The second-order valence-corrected chi connectivity index (χ2v) is 7.58. The average Bonchev–Trinajstić information content (AvgIpc) is 2.55. The molecule has 0 bridgehead atoms. The Morgan fingerprint density at radius 3 is 2.12 bits per heavy atom. The molecule has 0 aromatic rings. The van der Waals surface area contributed by atoms with Crippen LogP contribution in [-0.2, 0) is 4.79 Å². The van der Waals surface area contributed by atoms with Gasteiger partial charge in [0.05, 0.1) is 23.7 Å². The number of carbonyl (C=O) groups is 1. The van der Waals surface area contributed by atoms with E-state index in [0.29, 0.717) is 19.3 Å². The van der Waals surface area contributed by atoms with E-state index in [0.717, 1.165) is 44.9 Å². The summed E-state index contributed by atoms with van der Waals surface area (Å²) in [7, 11) is 0. The molecular formula is C20H38O5. The molecule has 0 saturated heterocycles. The predicted molar refractivity (Wildman–Crippen MR) is 100 cm³/mol. The van der Waals surface area contributed by atoms with Crippen LogP contribution in [0.3, 0.4) is 0 Å². The van der Waals surface area contributed by atoms with E-state index >= 15 is 0 Å². The van der Waals surface area contributed by atoms with Crippen molar-refractivity contribution in [3.05, 3.63) is 12.2 Å². The van der Waals surface area contributed by atoms with Crippen molar-refractivity contribution in [3.8, 4) is 0 Å². The van der Waals surface area contributed by atoms with Crippen molar-refractivity contribution in [2.75, 3.05) is 0 Å². The predicted octanol–water partition coefficient (Wildman–Crippen LogP) is 3.66. The molecule has 0 heterocycles. The van der Waals surface area contributed by atoms with Crippen LogP contribution in [0.5, 0.6) is 0 Å². The number of carboxylic acid groups (broad SMARTS) is 1. The molecule has 0 aliphatic carbocycles. The van der Waals surface area contributed by atoms with E-state index in [1.807, 2.05) is 6.08 Å². The van der Waals surface area contributed by atoms with E-state index in [4.69, 9.17) is 5.11 Å². The number of aliphatic hydroxyl groups is 3. The van der Waals surface area contributed by atoms with E-state index in [-0.39, 0.29) is 0 Å². The van der Waals surface area contributed by atoms with Crippen LogP contribution in [0, 0.1) is 5.41 Å². The SMILES string of the molecule is CCCCCC(O)CCC(O)C(O)CCCCC=CC(C)(C)C(=O)O. The molecule has 0 aliphatic heterocycles. The molecule has 0 fully saturated rings. The zero-order valence-electron chi connectivity index (χ0n) is 16.2. The van der Waals surface area contributed by atoms with Crippen molar-refractivity contribution in [2.45, 2.75) is 103 Å². The first-order valence-corrected chi connectivity index (χ1v) is 9.66. The second kappa shape index (κ2) is 13.3. The molecule has 5 heteroatoms. The number of hydrogen-bond acceptors (Lipinski definition) is 4. The molecule has 3 atom stereocenters. The van der Waals surface area contributed by atoms with Crippen molar-refractivity contribution in [3.63, 3.8) is 0 Å². The molecule has 148 valence electrons. The highest BCUT2D eigenvalue weighted by Gasteiger charge is 2.22. The summed E-state index contributed by atoms with van der Waals surface area (Å²) in [6, 6.07) is 0. The Kier molecular flexibility index (Phi) is 12.8. The minimum absolute atomic E-state index is 0.392. The summed E-state index contributed by atoms with van der Waals surface area (Å²) in [5.74, 6) is -0.848. The van der Waals surface area contributed by atoms with Gasteiger partial charge >= 0.3 is 5.97 Å². The zero-order chi connectivity index (χ0) is 19.3. The summed E-state index contributed by atoms with van der Waals surface area (Å²) in [6.45, 7) is 5.43. The largest absolute Gasteiger partial charge is 0.481 e. The van der Waals surface area contributed by atoms with Gasteiger partial charge in [-0.3, -0.25) is 4.79 Å². The van der Waals surface area contributed by atoms with Crippen molar-refractivity contribution in [2.24, 2.45) is 5.41 Å². The number of allylic oxidation sites excluding steroid dienone is 1. The van der Waals surface area contributed by atoms with Crippen LogP contribution < -0.4 is 0 Å². The molecule has 0 saturated carbocycles. The average molecular weight is 359 g/mol. The highest BCUT2D eigenvalue weighted by molar-refractivity contribution is 5.75. The molecule has 0 amide bonds. The van der Waals surface area contributed by atoms with Crippen LogP contribution in [0.25, 0.3) is 0 Å². The summed E-state index contributed by atoms with van der Waals surface area (Å²) >= 11 is 0. The van der Waals surface area contributed by atoms with Crippen LogP contribution in [0.2, 0.25) is 0 Å². The first kappa shape index (κ1) is 24.1. The molecule has 25 heavy (non-hydrogen) atoms. The van der Waals surface area contributed by atoms with Crippen molar-refractivity contribution < 1.29 is 25.2 Å². The van der Waals surface area contributed by atoms with Gasteiger partial charge in [0.25, 0.3) is 0 Å². The molecule has 4 N–H and O–H groups in total. The Bertz CT molecular complexity index is 378. The highest BCUT2D eigenvalue weighted by Crippen LogP contribution is 2.18. The van der Waals surface area contributed by atoms with Gasteiger partial charge in [-0.2, -0.15) is 0 Å². The van der Waals surface area contributed by atoms with Crippen molar-refractivity contribution in [1.82, 2.24) is 0 Å². The summed E-state index contributed by atoms with van der Waals surface area (Å²) in [4.78, 5) is 11.0. The molecule has 0 radical (unpaired) electrons. The molecule has 0 aromatic heterocycles. The Morgan fingerprint density at radius 2 is 1.52 bits per heavy atom. The fourth-order valence-electron chi connectivity index (χ4n) is 2.59. The number of rotatable bonds is 15. The van der Waals surface area contributed by atoms with E-state index in [2.05, 4.69) is 6.92 Å². The number of aliphatic hydroxyl groups excluding tert-OH is 3. The lowest BCUT2D eigenvalue weighted by atomic mass is 9.93. The summed E-state index contributed by atoms with van der Waals surface area (Å²) in [5.41, 5.74) is -0.853. The van der Waals surface area contributed by atoms with Gasteiger partial charge in [0.2, 0.25) is 0 Å². The minimum atomic E-state index is -0.853. The number of hydrogen-bond donors (Lipinski definition) is 4. The molecule has 5 nitrogen and oxygen atoms in total. The van der Waals surface area contributed by atoms with E-state index in [9.17, 15) is 20.1 Å². The second-order valence-electron chi connectivity index (χ2n) is 7.58. The van der Waals surface area contributed by atoms with Gasteiger partial charge in [-0.1, -0.05) is 44.8 Å². The lowest BCUT2D eigenvalue weighted by molar-refractivity contribution is -0.144. The summed E-state index contributed by atoms with van der Waals surface area (Å²) < 4.78 is 0. The van der Waals surface area contributed by atoms with E-state index in [1.54, 1.807) is 19.9 Å². The Labute approximate surface area is 152 Å². The van der Waals surface area contributed by atoms with Gasteiger partial charge < -0.3 is 20.4 Å². The molecular weight excluding hydrogens is 320 g/mol. The lowest BCUT2D eigenvalue weighted by Gasteiger charge is -2.19. The zero-order valence-corrected chi connectivity index (χ0v) is 16.2. The van der Waals surface area contributed by atoms with Gasteiger partial charge in [-0.15, -0.1) is 0 Å².